The van der Waals surface area contributed by atoms with Crippen LogP contribution in [-0.2, 0) is 32.7 Å². The fourth-order valence-electron chi connectivity index (χ4n) is 8.56. The van der Waals surface area contributed by atoms with Gasteiger partial charge in [0, 0.05) is 12.8 Å². The van der Waals surface area contributed by atoms with E-state index in [1.54, 1.807) is 0 Å². The van der Waals surface area contributed by atoms with E-state index in [0.29, 0.717) is 17.4 Å². The van der Waals surface area contributed by atoms with Crippen LogP contribution in [0.1, 0.15) is 277 Å². The first-order valence-corrected chi connectivity index (χ1v) is 31.4. The lowest BCUT2D eigenvalue weighted by Crippen LogP contribution is -2.37. The fourth-order valence-corrected chi connectivity index (χ4v) is 9.30. The van der Waals surface area contributed by atoms with Gasteiger partial charge in [-0.25, -0.2) is 4.57 Å². The zero-order valence-corrected chi connectivity index (χ0v) is 48.1. The van der Waals surface area contributed by atoms with Crippen molar-refractivity contribution >= 4 is 19.8 Å². The van der Waals surface area contributed by atoms with E-state index in [0.717, 1.165) is 44.9 Å². The van der Waals surface area contributed by atoms with E-state index in [9.17, 15) is 19.0 Å². The number of carbonyl (C=O) groups is 2. The topological polar surface area (TPSA) is 108 Å². The Hall–Kier alpha value is -2.03. The molecule has 0 amide bonds. The van der Waals surface area contributed by atoms with Crippen LogP contribution in [0.2, 0.25) is 0 Å². The number of ether oxygens (including phenoxy) is 2. The highest BCUT2D eigenvalue weighted by Crippen LogP contribution is 2.43. The molecular weight excluding hydrogens is 906 g/mol. The lowest BCUT2D eigenvalue weighted by atomic mass is 10.0. The van der Waals surface area contributed by atoms with Crippen LogP contribution in [-0.4, -0.2) is 74.9 Å². The monoisotopic (exact) mass is 1020 g/mol. The van der Waals surface area contributed by atoms with Crippen molar-refractivity contribution < 1.29 is 42.1 Å². The second kappa shape index (κ2) is 52.8. The van der Waals surface area contributed by atoms with E-state index in [4.69, 9.17) is 18.5 Å². The highest BCUT2D eigenvalue weighted by atomic mass is 31.2. The Morgan fingerprint density at radius 3 is 1.17 bits per heavy atom. The van der Waals surface area contributed by atoms with Crippen molar-refractivity contribution in [1.82, 2.24) is 0 Å². The molecule has 0 spiro atoms. The predicted molar refractivity (Wildman–Crippen MR) is 303 cm³/mol. The summed E-state index contributed by atoms with van der Waals surface area (Å²) in [6, 6.07) is 0. The number of esters is 2. The molecule has 0 fully saturated rings. The molecule has 2 unspecified atom stereocenters. The van der Waals surface area contributed by atoms with Crippen LogP contribution < -0.4 is 0 Å². The number of phosphoric ester groups is 1. The molecule has 0 saturated carbocycles. The number of quaternary nitrogens is 1. The second-order valence-corrected chi connectivity index (χ2v) is 22.8. The van der Waals surface area contributed by atoms with Crippen LogP contribution in [0.25, 0.3) is 0 Å². The summed E-state index contributed by atoms with van der Waals surface area (Å²) in [5.74, 6) is -0.884. The maximum Gasteiger partial charge on any atom is 0.472 e. The average molecular weight is 1020 g/mol. The van der Waals surface area contributed by atoms with Crippen molar-refractivity contribution in [3.05, 3.63) is 48.6 Å². The molecule has 2 atom stereocenters. The Morgan fingerprint density at radius 2 is 0.803 bits per heavy atom. The Bertz CT molecular complexity index is 1340. The van der Waals surface area contributed by atoms with Crippen molar-refractivity contribution in [3.63, 3.8) is 0 Å². The van der Waals surface area contributed by atoms with Gasteiger partial charge in [-0.1, -0.05) is 274 Å². The first-order chi connectivity index (χ1) is 34.5. The molecule has 0 aromatic rings. The SMILES string of the molecule is CC/C=C\C/C=C\C/C=C\C/C=C\CCC(=O)OC(COC(=O)CCCCCCCCCCCCCCCCCCCCCCCCCCCCCCCCCCCC)COP(=O)(O)OCC[N+](C)(C)C. The molecule has 0 aliphatic heterocycles. The van der Waals surface area contributed by atoms with E-state index in [-0.39, 0.29) is 32.0 Å². The normalized spacial score (nSPS) is 13.6. The number of unbranched alkanes of at least 4 members (excludes halogenated alkanes) is 33. The van der Waals surface area contributed by atoms with E-state index in [1.165, 1.54) is 199 Å². The molecular formula is C61H115NO8P+. The van der Waals surface area contributed by atoms with Crippen molar-refractivity contribution in [1.29, 1.82) is 0 Å². The van der Waals surface area contributed by atoms with Gasteiger partial charge in [0.2, 0.25) is 0 Å². The standard InChI is InChI=1S/C61H114NO8P/c1-6-8-10-12-14-16-18-20-21-22-23-24-25-26-27-28-29-30-31-32-33-34-35-36-37-38-39-40-42-43-45-47-49-51-53-60(63)67-57-59(58-69-71(65,66)68-56-55-62(3,4)5)70-61(64)54-52-50-48-46-44-41-19-17-15-13-11-9-7-2/h9,11,15,17,41,44,48,50,59H,6-8,10,12-14,16,18-40,42-43,45-47,49,51-58H2,1-5H3/p+1/b11-9-,17-15-,44-41-,50-48-. The van der Waals surface area contributed by atoms with Gasteiger partial charge in [-0.3, -0.25) is 18.6 Å². The summed E-state index contributed by atoms with van der Waals surface area (Å²) >= 11 is 0. The lowest BCUT2D eigenvalue weighted by Gasteiger charge is -2.24. The summed E-state index contributed by atoms with van der Waals surface area (Å²) in [4.78, 5) is 35.5. The first-order valence-electron chi connectivity index (χ1n) is 29.9. The third kappa shape index (κ3) is 57.1. The Balaban J connectivity index is 3.94. The first kappa shape index (κ1) is 69.0. The van der Waals surface area contributed by atoms with Crippen LogP contribution in [0.3, 0.4) is 0 Å². The van der Waals surface area contributed by atoms with Crippen LogP contribution in [0.15, 0.2) is 48.6 Å². The molecule has 71 heavy (non-hydrogen) atoms. The summed E-state index contributed by atoms with van der Waals surface area (Å²) in [6.45, 7) is 4.26. The zero-order chi connectivity index (χ0) is 52.0. The van der Waals surface area contributed by atoms with Gasteiger partial charge in [-0.15, -0.1) is 0 Å². The Kier molecular flexibility index (Phi) is 51.3. The summed E-state index contributed by atoms with van der Waals surface area (Å²) in [6.07, 6.45) is 66.8. The Morgan fingerprint density at radius 1 is 0.451 bits per heavy atom. The fraction of sp³-hybridized carbons (Fsp3) is 0.836. The molecule has 0 aromatic heterocycles. The highest BCUT2D eigenvalue weighted by molar-refractivity contribution is 7.47. The van der Waals surface area contributed by atoms with Gasteiger partial charge in [-0.2, -0.15) is 0 Å². The second-order valence-electron chi connectivity index (χ2n) is 21.4. The molecule has 0 bridgehead atoms. The van der Waals surface area contributed by atoms with Gasteiger partial charge in [0.05, 0.1) is 27.7 Å². The number of hydrogen-bond donors (Lipinski definition) is 1. The van der Waals surface area contributed by atoms with Gasteiger partial charge in [0.1, 0.15) is 19.8 Å². The quantitative estimate of drug-likeness (QED) is 0.0211. The summed E-state index contributed by atoms with van der Waals surface area (Å²) in [7, 11) is 1.44. The van der Waals surface area contributed by atoms with Crippen LogP contribution >= 0.6 is 7.82 Å². The number of rotatable bonds is 55. The molecule has 0 saturated heterocycles. The zero-order valence-electron chi connectivity index (χ0n) is 47.2. The largest absolute Gasteiger partial charge is 0.472 e. The molecule has 0 radical (unpaired) electrons. The highest BCUT2D eigenvalue weighted by Gasteiger charge is 2.27. The molecule has 0 aromatic carbocycles. The number of nitrogens with zero attached hydrogens (tertiary/aromatic N) is 1. The summed E-state index contributed by atoms with van der Waals surface area (Å²) in [5.41, 5.74) is 0. The van der Waals surface area contributed by atoms with E-state index < -0.39 is 26.5 Å². The van der Waals surface area contributed by atoms with Gasteiger partial charge < -0.3 is 18.9 Å². The maximum absolute atomic E-state index is 12.7. The minimum atomic E-state index is -4.40. The Labute approximate surface area is 439 Å². The lowest BCUT2D eigenvalue weighted by molar-refractivity contribution is -0.870. The summed E-state index contributed by atoms with van der Waals surface area (Å²) < 4.78 is 34.4. The molecule has 416 valence electrons. The molecule has 1 N–H and O–H groups in total. The van der Waals surface area contributed by atoms with Crippen LogP contribution in [0.4, 0.5) is 0 Å². The van der Waals surface area contributed by atoms with Gasteiger partial charge >= 0.3 is 19.8 Å². The van der Waals surface area contributed by atoms with Crippen LogP contribution in [0.5, 0.6) is 0 Å². The van der Waals surface area contributed by atoms with E-state index in [1.807, 2.05) is 33.3 Å². The molecule has 0 aliphatic rings. The van der Waals surface area contributed by atoms with Gasteiger partial charge in [0.25, 0.3) is 0 Å². The van der Waals surface area contributed by atoms with Gasteiger partial charge in [0.15, 0.2) is 6.10 Å². The predicted octanol–water partition coefficient (Wildman–Crippen LogP) is 18.5. The average Bonchev–Trinajstić information content (AvgIpc) is 3.33. The number of likely N-dealkylation sites (N-methyl/N-ethyl adjacent to an activating group) is 1. The van der Waals surface area contributed by atoms with Crippen molar-refractivity contribution in [2.45, 2.75) is 283 Å². The van der Waals surface area contributed by atoms with Gasteiger partial charge in [-0.05, 0) is 38.5 Å². The van der Waals surface area contributed by atoms with Crippen LogP contribution in [0, 0.1) is 0 Å². The molecule has 0 aliphatic carbocycles. The third-order valence-corrected chi connectivity index (χ3v) is 14.1. The molecule has 0 rings (SSSR count). The third-order valence-electron chi connectivity index (χ3n) is 13.1. The minimum absolute atomic E-state index is 0.0192. The maximum atomic E-state index is 12.7. The molecule has 0 heterocycles. The molecule has 9 nitrogen and oxygen atoms in total. The molecule has 10 heteroatoms. The smallest absolute Gasteiger partial charge is 0.462 e. The van der Waals surface area contributed by atoms with E-state index >= 15 is 0 Å². The van der Waals surface area contributed by atoms with Crippen molar-refractivity contribution in [3.8, 4) is 0 Å². The minimum Gasteiger partial charge on any atom is -0.462 e. The number of phosphoric acid groups is 1. The summed E-state index contributed by atoms with van der Waals surface area (Å²) in [5, 5.41) is 0. The van der Waals surface area contributed by atoms with Crippen molar-refractivity contribution in [2.75, 3.05) is 47.5 Å². The number of carbonyl (C=O) groups excluding carboxylic acids is 2. The van der Waals surface area contributed by atoms with E-state index in [2.05, 4.69) is 50.3 Å². The number of allylic oxidation sites excluding steroid dienone is 8. The number of hydrogen-bond acceptors (Lipinski definition) is 7. The van der Waals surface area contributed by atoms with Crippen molar-refractivity contribution in [2.24, 2.45) is 0 Å².